The normalized spacial score (nSPS) is 10.5. The zero-order chi connectivity index (χ0) is 15.0. The number of nitrogens with two attached hydrogens (primary N) is 1. The van der Waals surface area contributed by atoms with E-state index in [1.807, 2.05) is 6.07 Å². The van der Waals surface area contributed by atoms with Crippen molar-refractivity contribution in [2.24, 2.45) is 0 Å². The maximum absolute atomic E-state index is 9.30. The molecule has 0 bridgehead atoms. The van der Waals surface area contributed by atoms with Gasteiger partial charge >= 0.3 is 0 Å². The summed E-state index contributed by atoms with van der Waals surface area (Å²) in [5.74, 6) is 0.545. The molecule has 1 aromatic carbocycles. The van der Waals surface area contributed by atoms with Crippen LogP contribution in [0.3, 0.4) is 0 Å². The van der Waals surface area contributed by atoms with Crippen LogP contribution in [-0.2, 0) is 0 Å². The van der Waals surface area contributed by atoms with Crippen LogP contribution in [0.15, 0.2) is 29.0 Å². The monoisotopic (exact) mass is 344 g/mol. The number of benzene rings is 1. The molecule has 0 atom stereocenters. The number of nitrogen functional groups attached to an aromatic ring is 1. The minimum Gasteiger partial charge on any atom is -0.479 e. The molecule has 3 aromatic rings. The van der Waals surface area contributed by atoms with Crippen LogP contribution in [0.5, 0.6) is 5.88 Å². The number of halogens is 1. The Bertz CT molecular complexity index is 882. The average molecular weight is 345 g/mol. The molecular formula is C13H9BrN6O. The van der Waals surface area contributed by atoms with Crippen molar-refractivity contribution >= 4 is 33.0 Å². The van der Waals surface area contributed by atoms with Gasteiger partial charge in [0.15, 0.2) is 11.2 Å². The molecule has 7 nitrogen and oxygen atoms in total. The minimum atomic E-state index is 0.211. The fourth-order valence-electron chi connectivity index (χ4n) is 2.07. The summed E-state index contributed by atoms with van der Waals surface area (Å²) in [5.41, 5.74) is 7.96. The van der Waals surface area contributed by atoms with E-state index in [9.17, 15) is 5.26 Å². The van der Waals surface area contributed by atoms with Gasteiger partial charge in [0, 0.05) is 4.47 Å². The maximum Gasteiger partial charge on any atom is 0.245 e. The van der Waals surface area contributed by atoms with Crippen molar-refractivity contribution in [1.29, 1.82) is 5.26 Å². The van der Waals surface area contributed by atoms with Gasteiger partial charge in [0.05, 0.1) is 18.4 Å². The van der Waals surface area contributed by atoms with Crippen molar-refractivity contribution in [2.45, 2.75) is 0 Å². The summed E-state index contributed by atoms with van der Waals surface area (Å²) in [6.07, 6.45) is 1.36. The highest BCUT2D eigenvalue weighted by Crippen LogP contribution is 2.28. The predicted molar refractivity (Wildman–Crippen MR) is 80.0 cm³/mol. The highest BCUT2D eigenvalue weighted by atomic mass is 79.9. The summed E-state index contributed by atoms with van der Waals surface area (Å²) in [7, 11) is 1.50. The van der Waals surface area contributed by atoms with Gasteiger partial charge in [0.1, 0.15) is 12.4 Å². The predicted octanol–water partition coefficient (Wildman–Crippen LogP) is 2.04. The molecular weight excluding hydrogens is 336 g/mol. The van der Waals surface area contributed by atoms with Gasteiger partial charge in [-0.15, -0.1) is 0 Å². The van der Waals surface area contributed by atoms with Crippen LogP contribution >= 0.6 is 15.9 Å². The lowest BCUT2D eigenvalue weighted by Crippen LogP contribution is -2.03. The Morgan fingerprint density at radius 2 is 2.19 bits per heavy atom. The molecule has 0 fully saturated rings. The maximum atomic E-state index is 9.30. The van der Waals surface area contributed by atoms with E-state index >= 15 is 0 Å². The van der Waals surface area contributed by atoms with Gasteiger partial charge in [-0.2, -0.15) is 10.2 Å². The van der Waals surface area contributed by atoms with Crippen molar-refractivity contribution in [1.82, 2.24) is 19.5 Å². The molecule has 0 spiro atoms. The lowest BCUT2D eigenvalue weighted by atomic mass is 10.2. The molecule has 0 saturated carbocycles. The molecule has 0 unspecified atom stereocenters. The second kappa shape index (κ2) is 5.03. The Kier molecular flexibility index (Phi) is 3.19. The first-order valence-corrected chi connectivity index (χ1v) is 6.68. The van der Waals surface area contributed by atoms with Crippen LogP contribution in [0.1, 0.15) is 5.56 Å². The molecule has 104 valence electrons. The standard InChI is InChI=1S/C13H9BrN6O/c1-21-12-10-11(17-6-18-12)20(13(16)19-10)9-3-2-8(14)4-7(9)5-15/h2-4,6H,1H3,(H2,16,19). The smallest absolute Gasteiger partial charge is 0.245 e. The van der Waals surface area contributed by atoms with Crippen LogP contribution in [0, 0.1) is 11.3 Å². The first-order valence-electron chi connectivity index (χ1n) is 5.88. The first-order chi connectivity index (χ1) is 10.2. The average Bonchev–Trinajstić information content (AvgIpc) is 2.83. The van der Waals surface area contributed by atoms with E-state index in [-0.39, 0.29) is 5.95 Å². The van der Waals surface area contributed by atoms with E-state index in [1.54, 1.807) is 16.7 Å². The van der Waals surface area contributed by atoms with E-state index in [2.05, 4.69) is 37.0 Å². The summed E-state index contributed by atoms with van der Waals surface area (Å²) < 4.78 is 7.56. The first kappa shape index (κ1) is 13.3. The second-order valence-electron chi connectivity index (χ2n) is 4.13. The number of imidazole rings is 1. The largest absolute Gasteiger partial charge is 0.479 e. The Labute approximate surface area is 128 Å². The molecule has 0 aliphatic rings. The number of rotatable bonds is 2. The fourth-order valence-corrected chi connectivity index (χ4v) is 2.43. The lowest BCUT2D eigenvalue weighted by Gasteiger charge is -2.08. The van der Waals surface area contributed by atoms with Crippen molar-refractivity contribution < 1.29 is 4.74 Å². The molecule has 2 N–H and O–H groups in total. The quantitative estimate of drug-likeness (QED) is 0.762. The Hall–Kier alpha value is -2.66. The molecule has 2 heterocycles. The molecule has 0 aliphatic carbocycles. The minimum absolute atomic E-state index is 0.211. The van der Waals surface area contributed by atoms with Crippen molar-refractivity contribution in [3.8, 4) is 17.6 Å². The summed E-state index contributed by atoms with van der Waals surface area (Å²) in [6.45, 7) is 0. The van der Waals surface area contributed by atoms with Crippen LogP contribution in [-0.4, -0.2) is 26.6 Å². The van der Waals surface area contributed by atoms with Crippen molar-refractivity contribution in [2.75, 3.05) is 12.8 Å². The molecule has 0 amide bonds. The molecule has 21 heavy (non-hydrogen) atoms. The highest BCUT2D eigenvalue weighted by Gasteiger charge is 2.18. The Morgan fingerprint density at radius 1 is 1.38 bits per heavy atom. The lowest BCUT2D eigenvalue weighted by molar-refractivity contribution is 0.401. The third-order valence-corrected chi connectivity index (χ3v) is 3.44. The summed E-state index contributed by atoms with van der Waals surface area (Å²) >= 11 is 3.34. The van der Waals surface area contributed by atoms with E-state index in [0.29, 0.717) is 28.3 Å². The Balaban J connectivity index is 2.36. The zero-order valence-electron chi connectivity index (χ0n) is 10.9. The van der Waals surface area contributed by atoms with Crippen LogP contribution in [0.25, 0.3) is 16.9 Å². The molecule has 0 aliphatic heterocycles. The number of anilines is 1. The van der Waals surface area contributed by atoms with E-state index in [0.717, 1.165) is 4.47 Å². The van der Waals surface area contributed by atoms with Crippen LogP contribution < -0.4 is 10.5 Å². The number of methoxy groups -OCH3 is 1. The van der Waals surface area contributed by atoms with Gasteiger partial charge in [-0.1, -0.05) is 15.9 Å². The SMILES string of the molecule is COc1ncnc2c1nc(N)n2-c1ccc(Br)cc1C#N. The van der Waals surface area contributed by atoms with Gasteiger partial charge in [-0.3, -0.25) is 4.57 Å². The number of aromatic nitrogens is 4. The van der Waals surface area contributed by atoms with Crippen LogP contribution in [0.4, 0.5) is 5.95 Å². The number of nitrogens with zero attached hydrogens (tertiary/aromatic N) is 5. The summed E-state index contributed by atoms with van der Waals surface area (Å²) in [6, 6.07) is 7.44. The number of ether oxygens (including phenoxy) is 1. The highest BCUT2D eigenvalue weighted by molar-refractivity contribution is 9.10. The molecule has 8 heteroatoms. The van der Waals surface area contributed by atoms with E-state index in [1.165, 1.54) is 13.4 Å². The van der Waals surface area contributed by atoms with E-state index < -0.39 is 0 Å². The van der Waals surface area contributed by atoms with Crippen molar-refractivity contribution in [3.63, 3.8) is 0 Å². The second-order valence-corrected chi connectivity index (χ2v) is 5.05. The van der Waals surface area contributed by atoms with Crippen molar-refractivity contribution in [3.05, 3.63) is 34.6 Å². The summed E-state index contributed by atoms with van der Waals surface area (Å²) in [5, 5.41) is 9.30. The Morgan fingerprint density at radius 3 is 2.90 bits per heavy atom. The molecule has 0 saturated heterocycles. The molecule has 3 rings (SSSR count). The third-order valence-electron chi connectivity index (χ3n) is 2.95. The molecule has 0 radical (unpaired) electrons. The van der Waals surface area contributed by atoms with Gasteiger partial charge in [0.25, 0.3) is 0 Å². The summed E-state index contributed by atoms with van der Waals surface area (Å²) in [4.78, 5) is 12.4. The van der Waals surface area contributed by atoms with Gasteiger partial charge in [-0.05, 0) is 18.2 Å². The number of fused-ring (bicyclic) bond motifs is 1. The fraction of sp³-hybridized carbons (Fsp3) is 0.0769. The van der Waals surface area contributed by atoms with E-state index in [4.69, 9.17) is 10.5 Å². The molecule has 2 aromatic heterocycles. The number of hydrogen-bond donors (Lipinski definition) is 1. The third kappa shape index (κ3) is 2.08. The number of hydrogen-bond acceptors (Lipinski definition) is 6. The zero-order valence-corrected chi connectivity index (χ0v) is 12.5. The van der Waals surface area contributed by atoms with Gasteiger partial charge in [0.2, 0.25) is 11.8 Å². The van der Waals surface area contributed by atoms with Gasteiger partial charge < -0.3 is 10.5 Å². The topological polar surface area (TPSA) is 103 Å². The van der Waals surface area contributed by atoms with Gasteiger partial charge in [-0.25, -0.2) is 9.97 Å². The number of nitriles is 1. The van der Waals surface area contributed by atoms with Crippen LogP contribution in [0.2, 0.25) is 0 Å².